The molecule has 2 aromatic carbocycles. The highest BCUT2D eigenvalue weighted by Gasteiger charge is 2.05. The molecule has 0 unspecified atom stereocenters. The summed E-state index contributed by atoms with van der Waals surface area (Å²) in [5.74, 6) is -0.882. The summed E-state index contributed by atoms with van der Waals surface area (Å²) in [5.41, 5.74) is 5.44. The number of benzene rings is 2. The van der Waals surface area contributed by atoms with Gasteiger partial charge in [-0.2, -0.15) is 5.10 Å². The number of nitrogens with zero attached hydrogens (tertiary/aromatic N) is 1. The molecule has 0 heterocycles. The fourth-order valence-corrected chi connectivity index (χ4v) is 1.69. The van der Waals surface area contributed by atoms with Crippen molar-refractivity contribution in [2.24, 2.45) is 5.10 Å². The Morgan fingerprint density at radius 3 is 2.45 bits per heavy atom. The fraction of sp³-hybridized carbons (Fsp3) is 0.125. The van der Waals surface area contributed by atoms with Crippen LogP contribution in [0.25, 0.3) is 0 Å². The van der Waals surface area contributed by atoms with Crippen LogP contribution in [-0.2, 0) is 0 Å². The van der Waals surface area contributed by atoms with E-state index in [1.54, 1.807) is 6.92 Å². The van der Waals surface area contributed by atoms with E-state index >= 15 is 0 Å². The monoisotopic (exact) mass is 270 g/mol. The summed E-state index contributed by atoms with van der Waals surface area (Å²) in [5, 5.41) is 4.02. The number of hydrogen-bond acceptors (Lipinski definition) is 2. The van der Waals surface area contributed by atoms with E-state index in [1.807, 2.05) is 31.2 Å². The van der Waals surface area contributed by atoms with E-state index in [9.17, 15) is 9.18 Å². The number of hydrazone groups is 1. The van der Waals surface area contributed by atoms with E-state index in [0.29, 0.717) is 5.71 Å². The number of aryl methyl sites for hydroxylation is 1. The molecule has 20 heavy (non-hydrogen) atoms. The number of amides is 1. The Kier molecular flexibility index (Phi) is 4.25. The smallest absolute Gasteiger partial charge is 0.267 e. The maximum absolute atomic E-state index is 13.0. The Hall–Kier alpha value is -2.49. The highest BCUT2D eigenvalue weighted by molar-refractivity contribution is 6.00. The van der Waals surface area contributed by atoms with Gasteiger partial charge in [-0.15, -0.1) is 0 Å². The van der Waals surface area contributed by atoms with Crippen LogP contribution in [0.2, 0.25) is 0 Å². The van der Waals surface area contributed by atoms with Gasteiger partial charge in [0.15, 0.2) is 0 Å². The lowest BCUT2D eigenvalue weighted by Gasteiger charge is -2.03. The van der Waals surface area contributed by atoms with Gasteiger partial charge in [0.05, 0.1) is 5.71 Å². The van der Waals surface area contributed by atoms with Crippen molar-refractivity contribution in [1.29, 1.82) is 0 Å². The van der Waals surface area contributed by atoms with E-state index in [2.05, 4.69) is 10.5 Å². The van der Waals surface area contributed by atoms with Crippen LogP contribution < -0.4 is 5.43 Å². The zero-order valence-corrected chi connectivity index (χ0v) is 11.4. The van der Waals surface area contributed by atoms with Gasteiger partial charge < -0.3 is 0 Å². The Morgan fingerprint density at radius 2 is 1.80 bits per heavy atom. The molecule has 102 valence electrons. The van der Waals surface area contributed by atoms with Crippen molar-refractivity contribution in [3.8, 4) is 0 Å². The Morgan fingerprint density at radius 1 is 1.10 bits per heavy atom. The van der Waals surface area contributed by atoms with Crippen molar-refractivity contribution >= 4 is 11.6 Å². The lowest BCUT2D eigenvalue weighted by atomic mass is 10.1. The molecule has 1 N–H and O–H groups in total. The summed E-state index contributed by atoms with van der Waals surface area (Å²) in [4.78, 5) is 11.8. The minimum absolute atomic E-state index is 0.241. The number of nitrogens with one attached hydrogen (secondary N) is 1. The number of rotatable bonds is 3. The van der Waals surface area contributed by atoms with Crippen LogP contribution in [0, 0.1) is 12.7 Å². The highest BCUT2D eigenvalue weighted by Crippen LogP contribution is 2.05. The zero-order chi connectivity index (χ0) is 14.5. The average molecular weight is 270 g/mol. The second-order valence-electron chi connectivity index (χ2n) is 4.51. The van der Waals surface area contributed by atoms with Crippen molar-refractivity contribution in [3.63, 3.8) is 0 Å². The lowest BCUT2D eigenvalue weighted by Crippen LogP contribution is -2.19. The van der Waals surface area contributed by atoms with Crippen molar-refractivity contribution in [3.05, 3.63) is 71.0 Å². The molecule has 0 saturated carbocycles. The molecule has 0 atom stereocenters. The summed E-state index contributed by atoms with van der Waals surface area (Å²) < 4.78 is 13.0. The molecule has 0 radical (unpaired) electrons. The summed E-state index contributed by atoms with van der Waals surface area (Å²) in [6, 6.07) is 13.3. The molecule has 0 saturated heterocycles. The van der Waals surface area contributed by atoms with Crippen LogP contribution in [0.3, 0.4) is 0 Å². The normalized spacial score (nSPS) is 11.2. The summed E-state index contributed by atoms with van der Waals surface area (Å²) in [7, 11) is 0. The van der Waals surface area contributed by atoms with Gasteiger partial charge in [0.2, 0.25) is 0 Å². The average Bonchev–Trinajstić information content (AvgIpc) is 2.45. The molecule has 0 aliphatic heterocycles. The van der Waals surface area contributed by atoms with Gasteiger partial charge in [-0.25, -0.2) is 9.82 Å². The number of carbonyl (C=O) groups is 1. The Bertz CT molecular complexity index is 648. The molecule has 0 aliphatic rings. The van der Waals surface area contributed by atoms with E-state index in [-0.39, 0.29) is 5.56 Å². The maximum Gasteiger partial charge on any atom is 0.271 e. The van der Waals surface area contributed by atoms with Crippen LogP contribution in [0.5, 0.6) is 0 Å². The molecule has 1 amide bonds. The van der Waals surface area contributed by atoms with Gasteiger partial charge in [0.1, 0.15) is 5.82 Å². The van der Waals surface area contributed by atoms with Gasteiger partial charge in [-0.05, 0) is 37.6 Å². The van der Waals surface area contributed by atoms with Crippen LogP contribution in [0.4, 0.5) is 4.39 Å². The van der Waals surface area contributed by atoms with Gasteiger partial charge in [-0.3, -0.25) is 4.79 Å². The second kappa shape index (κ2) is 6.10. The third-order valence-electron chi connectivity index (χ3n) is 2.88. The third kappa shape index (κ3) is 3.51. The predicted octanol–water partition coefficient (Wildman–Crippen LogP) is 3.29. The molecule has 4 heteroatoms. The highest BCUT2D eigenvalue weighted by atomic mass is 19.1. The zero-order valence-electron chi connectivity index (χ0n) is 11.4. The molecule has 2 aromatic rings. The Labute approximate surface area is 117 Å². The number of carbonyl (C=O) groups excluding carboxylic acids is 1. The summed E-state index contributed by atoms with van der Waals surface area (Å²) >= 11 is 0. The van der Waals surface area contributed by atoms with E-state index in [4.69, 9.17) is 0 Å². The van der Waals surface area contributed by atoms with Crippen molar-refractivity contribution in [1.82, 2.24) is 5.43 Å². The molecule has 0 aliphatic carbocycles. The third-order valence-corrected chi connectivity index (χ3v) is 2.88. The van der Waals surface area contributed by atoms with Crippen molar-refractivity contribution < 1.29 is 9.18 Å². The number of hydrogen-bond donors (Lipinski definition) is 1. The van der Waals surface area contributed by atoms with E-state index in [1.165, 1.54) is 24.3 Å². The van der Waals surface area contributed by atoms with Crippen LogP contribution in [0.1, 0.15) is 28.4 Å². The molecule has 0 spiro atoms. The fourth-order valence-electron chi connectivity index (χ4n) is 1.69. The van der Waals surface area contributed by atoms with Crippen LogP contribution in [-0.4, -0.2) is 11.6 Å². The summed E-state index contributed by atoms with van der Waals surface area (Å²) in [6.45, 7) is 3.80. The molecular formula is C16H15FN2O. The topological polar surface area (TPSA) is 41.5 Å². The van der Waals surface area contributed by atoms with Gasteiger partial charge in [-0.1, -0.05) is 35.9 Å². The van der Waals surface area contributed by atoms with Crippen molar-refractivity contribution in [2.45, 2.75) is 13.8 Å². The predicted molar refractivity (Wildman–Crippen MR) is 77.3 cm³/mol. The molecule has 3 nitrogen and oxygen atoms in total. The minimum Gasteiger partial charge on any atom is -0.267 e. The molecule has 0 bridgehead atoms. The Balaban J connectivity index is 2.08. The SMILES string of the molecule is CC(=NNC(=O)c1cccc(F)c1)c1ccc(C)cc1. The first-order valence-electron chi connectivity index (χ1n) is 6.23. The van der Waals surface area contributed by atoms with Gasteiger partial charge >= 0.3 is 0 Å². The van der Waals surface area contributed by atoms with Crippen LogP contribution >= 0.6 is 0 Å². The minimum atomic E-state index is -0.447. The standard InChI is InChI=1S/C16H15FN2O/c1-11-6-8-13(9-7-11)12(2)18-19-16(20)14-4-3-5-15(17)10-14/h3-10H,1-2H3,(H,19,20). The largest absolute Gasteiger partial charge is 0.271 e. The molecular weight excluding hydrogens is 255 g/mol. The quantitative estimate of drug-likeness (QED) is 0.675. The van der Waals surface area contributed by atoms with E-state index in [0.717, 1.165) is 11.1 Å². The van der Waals surface area contributed by atoms with Crippen molar-refractivity contribution in [2.75, 3.05) is 0 Å². The first kappa shape index (κ1) is 13.9. The molecule has 2 rings (SSSR count). The first-order chi connectivity index (χ1) is 9.56. The second-order valence-corrected chi connectivity index (χ2v) is 4.51. The molecule has 0 aromatic heterocycles. The first-order valence-corrected chi connectivity index (χ1v) is 6.23. The van der Waals surface area contributed by atoms with Gasteiger partial charge in [0.25, 0.3) is 5.91 Å². The lowest BCUT2D eigenvalue weighted by molar-refractivity contribution is 0.0954. The molecule has 0 fully saturated rings. The maximum atomic E-state index is 13.0. The number of halogens is 1. The van der Waals surface area contributed by atoms with Gasteiger partial charge in [0, 0.05) is 5.56 Å². The summed E-state index contributed by atoms with van der Waals surface area (Å²) in [6.07, 6.45) is 0. The van der Waals surface area contributed by atoms with Crippen LogP contribution in [0.15, 0.2) is 53.6 Å². The van der Waals surface area contributed by atoms with E-state index < -0.39 is 11.7 Å².